The van der Waals surface area contributed by atoms with Gasteiger partial charge in [-0.2, -0.15) is 5.10 Å². The Balaban J connectivity index is 1.30. The summed E-state index contributed by atoms with van der Waals surface area (Å²) in [6, 6.07) is 19.2. The van der Waals surface area contributed by atoms with Gasteiger partial charge in [0.05, 0.1) is 5.52 Å². The SMILES string of the molecule is CCN1CCCC1COc1ccc2cc(-c3nn(C4CCCCO4)c4ccc(C(=O)NCCC(C)C)cc34)ccc2c1. The Hall–Kier alpha value is -3.42. The number of likely N-dealkylation sites (tertiary alicyclic amines) is 1. The fraction of sp³-hybridized carbons (Fsp3) is 0.486. The van der Waals surface area contributed by atoms with E-state index in [1.54, 1.807) is 0 Å². The highest BCUT2D eigenvalue weighted by atomic mass is 16.5. The lowest BCUT2D eigenvalue weighted by atomic mass is 10.0. The zero-order chi connectivity index (χ0) is 29.1. The van der Waals surface area contributed by atoms with Crippen LogP contribution in [-0.4, -0.2) is 59.5 Å². The van der Waals surface area contributed by atoms with Crippen molar-refractivity contribution >= 4 is 27.6 Å². The summed E-state index contributed by atoms with van der Waals surface area (Å²) in [6.45, 7) is 11.0. The number of likely N-dealkylation sites (N-methyl/N-ethyl adjacent to an activating group) is 1. The van der Waals surface area contributed by atoms with Gasteiger partial charge in [0.2, 0.25) is 0 Å². The lowest BCUT2D eigenvalue weighted by molar-refractivity contribution is -0.0365. The van der Waals surface area contributed by atoms with Gasteiger partial charge in [0.25, 0.3) is 5.91 Å². The molecule has 0 bridgehead atoms. The minimum absolute atomic E-state index is 0.0455. The lowest BCUT2D eigenvalue weighted by Gasteiger charge is -2.23. The van der Waals surface area contributed by atoms with E-state index in [9.17, 15) is 4.79 Å². The van der Waals surface area contributed by atoms with Crippen LogP contribution in [0.15, 0.2) is 54.6 Å². The number of carbonyl (C=O) groups excluding carboxylic acids is 1. The van der Waals surface area contributed by atoms with Crippen molar-refractivity contribution < 1.29 is 14.3 Å². The smallest absolute Gasteiger partial charge is 0.251 e. The van der Waals surface area contributed by atoms with Crippen molar-refractivity contribution in [2.24, 2.45) is 5.92 Å². The lowest BCUT2D eigenvalue weighted by Crippen LogP contribution is -2.33. The van der Waals surface area contributed by atoms with Crippen LogP contribution in [0.25, 0.3) is 32.9 Å². The third-order valence-corrected chi connectivity index (χ3v) is 8.84. The fourth-order valence-corrected chi connectivity index (χ4v) is 6.36. The molecule has 222 valence electrons. The highest BCUT2D eigenvalue weighted by Gasteiger charge is 2.24. The van der Waals surface area contributed by atoms with Crippen LogP contribution in [0, 0.1) is 5.92 Å². The number of ether oxygens (including phenoxy) is 2. The summed E-state index contributed by atoms with van der Waals surface area (Å²) in [7, 11) is 0. The number of benzene rings is 3. The number of hydrogen-bond donors (Lipinski definition) is 1. The third kappa shape index (κ3) is 6.18. The van der Waals surface area contributed by atoms with Crippen LogP contribution in [0.1, 0.15) is 75.9 Å². The Morgan fingerprint density at radius 1 is 1.05 bits per heavy atom. The molecule has 7 heteroatoms. The van der Waals surface area contributed by atoms with E-state index in [2.05, 4.69) is 67.4 Å². The predicted molar refractivity (Wildman–Crippen MR) is 169 cm³/mol. The van der Waals surface area contributed by atoms with Crippen molar-refractivity contribution in [3.63, 3.8) is 0 Å². The molecular formula is C35H44N4O3. The van der Waals surface area contributed by atoms with Gasteiger partial charge in [-0.3, -0.25) is 9.69 Å². The van der Waals surface area contributed by atoms with Crippen LogP contribution in [0.5, 0.6) is 5.75 Å². The molecular weight excluding hydrogens is 524 g/mol. The molecule has 42 heavy (non-hydrogen) atoms. The van der Waals surface area contributed by atoms with E-state index < -0.39 is 0 Å². The topological polar surface area (TPSA) is 68.6 Å². The Bertz CT molecular complexity index is 1540. The number of nitrogens with one attached hydrogen (secondary N) is 1. The molecule has 2 saturated heterocycles. The van der Waals surface area contributed by atoms with Gasteiger partial charge in [0.15, 0.2) is 6.23 Å². The molecule has 6 rings (SSSR count). The van der Waals surface area contributed by atoms with Crippen LogP contribution in [0.2, 0.25) is 0 Å². The molecule has 7 nitrogen and oxygen atoms in total. The van der Waals surface area contributed by atoms with Gasteiger partial charge in [0, 0.05) is 35.7 Å². The standard InChI is InChI=1S/C35H44N4O3/c1-4-38-18-7-8-29(38)23-42-30-14-12-25-20-27(11-10-26(25)21-30)34-31-22-28(35(40)36-17-16-24(2)3)13-15-32(31)39(37-34)33-9-5-6-19-41-33/h10-15,20-22,24,29,33H,4-9,16-19,23H2,1-3H3,(H,36,40). The monoisotopic (exact) mass is 568 g/mol. The number of nitrogens with zero attached hydrogens (tertiary/aromatic N) is 3. The molecule has 1 aromatic heterocycles. The minimum atomic E-state index is -0.0932. The first-order valence-electron chi connectivity index (χ1n) is 15.8. The highest BCUT2D eigenvalue weighted by Crippen LogP contribution is 2.35. The summed E-state index contributed by atoms with van der Waals surface area (Å²) in [6.07, 6.45) is 6.46. The number of fused-ring (bicyclic) bond motifs is 2. The Morgan fingerprint density at radius 3 is 2.71 bits per heavy atom. The number of hydrogen-bond acceptors (Lipinski definition) is 5. The molecule has 0 radical (unpaired) electrons. The molecule has 2 unspecified atom stereocenters. The predicted octanol–water partition coefficient (Wildman–Crippen LogP) is 7.19. The zero-order valence-electron chi connectivity index (χ0n) is 25.3. The van der Waals surface area contributed by atoms with Gasteiger partial charge >= 0.3 is 0 Å². The fourth-order valence-electron chi connectivity index (χ4n) is 6.36. The molecule has 2 atom stereocenters. The van der Waals surface area contributed by atoms with E-state index in [0.717, 1.165) is 84.1 Å². The van der Waals surface area contributed by atoms with E-state index in [-0.39, 0.29) is 12.1 Å². The molecule has 1 N–H and O–H groups in total. The number of carbonyl (C=O) groups is 1. The van der Waals surface area contributed by atoms with Gasteiger partial charge in [-0.05, 0) is 105 Å². The van der Waals surface area contributed by atoms with Gasteiger partial charge in [-0.1, -0.05) is 39.0 Å². The summed E-state index contributed by atoms with van der Waals surface area (Å²) in [5.41, 5.74) is 3.55. The second-order valence-corrected chi connectivity index (χ2v) is 12.2. The van der Waals surface area contributed by atoms with E-state index in [0.29, 0.717) is 24.1 Å². The second-order valence-electron chi connectivity index (χ2n) is 12.2. The van der Waals surface area contributed by atoms with Crippen LogP contribution in [-0.2, 0) is 4.74 Å². The second kappa shape index (κ2) is 12.8. The van der Waals surface area contributed by atoms with Gasteiger partial charge in [0.1, 0.15) is 18.1 Å². The molecule has 2 aliphatic rings. The molecule has 0 saturated carbocycles. The molecule has 0 spiro atoms. The third-order valence-electron chi connectivity index (χ3n) is 8.84. The molecule has 2 fully saturated rings. The Kier molecular flexibility index (Phi) is 8.77. The first kappa shape index (κ1) is 28.7. The summed E-state index contributed by atoms with van der Waals surface area (Å²) in [5.74, 6) is 1.41. The first-order valence-corrected chi connectivity index (χ1v) is 15.8. The van der Waals surface area contributed by atoms with Gasteiger partial charge < -0.3 is 14.8 Å². The molecule has 2 aliphatic heterocycles. The number of amides is 1. The molecule has 3 heterocycles. The normalized spacial score (nSPS) is 19.6. The maximum absolute atomic E-state index is 13.0. The Labute approximate surface area is 249 Å². The summed E-state index contributed by atoms with van der Waals surface area (Å²) < 4.78 is 14.4. The van der Waals surface area contributed by atoms with Crippen LogP contribution < -0.4 is 10.1 Å². The first-order chi connectivity index (χ1) is 20.5. The quantitative estimate of drug-likeness (QED) is 0.219. The van der Waals surface area contributed by atoms with Crippen LogP contribution in [0.4, 0.5) is 0 Å². The molecule has 3 aromatic carbocycles. The average molecular weight is 569 g/mol. The van der Waals surface area contributed by atoms with E-state index in [1.807, 2.05) is 22.9 Å². The van der Waals surface area contributed by atoms with Crippen molar-refractivity contribution in [1.29, 1.82) is 0 Å². The Morgan fingerprint density at radius 2 is 1.90 bits per heavy atom. The maximum atomic E-state index is 13.0. The van der Waals surface area contributed by atoms with E-state index in [1.165, 1.54) is 19.4 Å². The zero-order valence-corrected chi connectivity index (χ0v) is 25.3. The van der Waals surface area contributed by atoms with Crippen LogP contribution >= 0.6 is 0 Å². The van der Waals surface area contributed by atoms with Crippen molar-refractivity contribution in [1.82, 2.24) is 20.0 Å². The largest absolute Gasteiger partial charge is 0.492 e. The average Bonchev–Trinajstić information content (AvgIpc) is 3.64. The molecule has 4 aromatic rings. The number of rotatable bonds is 10. The van der Waals surface area contributed by atoms with Crippen molar-refractivity contribution in [3.8, 4) is 17.0 Å². The van der Waals surface area contributed by atoms with Gasteiger partial charge in [-0.15, -0.1) is 0 Å². The molecule has 1 amide bonds. The van der Waals surface area contributed by atoms with E-state index >= 15 is 0 Å². The van der Waals surface area contributed by atoms with Crippen LogP contribution in [0.3, 0.4) is 0 Å². The highest BCUT2D eigenvalue weighted by molar-refractivity contribution is 6.02. The number of aromatic nitrogens is 2. The summed E-state index contributed by atoms with van der Waals surface area (Å²) in [5, 5.41) is 11.4. The van der Waals surface area contributed by atoms with Crippen molar-refractivity contribution in [3.05, 3.63) is 60.2 Å². The van der Waals surface area contributed by atoms with Gasteiger partial charge in [-0.25, -0.2) is 4.68 Å². The summed E-state index contributed by atoms with van der Waals surface area (Å²) >= 11 is 0. The minimum Gasteiger partial charge on any atom is -0.492 e. The summed E-state index contributed by atoms with van der Waals surface area (Å²) in [4.78, 5) is 15.5. The van der Waals surface area contributed by atoms with Crippen molar-refractivity contribution in [2.45, 2.75) is 71.6 Å². The van der Waals surface area contributed by atoms with E-state index in [4.69, 9.17) is 14.6 Å². The molecule has 0 aliphatic carbocycles. The van der Waals surface area contributed by atoms with Crippen molar-refractivity contribution in [2.75, 3.05) is 32.8 Å². The maximum Gasteiger partial charge on any atom is 0.251 e.